The molecule has 0 atom stereocenters. The van der Waals surface area contributed by atoms with Gasteiger partial charge in [0.25, 0.3) is 5.56 Å². The van der Waals surface area contributed by atoms with Crippen molar-refractivity contribution in [1.29, 1.82) is 0 Å². The van der Waals surface area contributed by atoms with Crippen LogP contribution in [-0.2, 0) is 6.42 Å². The molecule has 29 heavy (non-hydrogen) atoms. The van der Waals surface area contributed by atoms with Crippen LogP contribution in [0, 0.1) is 0 Å². The number of phenolic OH excluding ortho intramolecular Hbond substituents is 2. The SMILES string of the molecule is COc1ccc(Cc2nnc(N/N=C/c3ccc(O)cc3O)[nH]c2=O)cc1OC. The van der Waals surface area contributed by atoms with Gasteiger partial charge in [-0.3, -0.25) is 9.78 Å². The number of methoxy groups -OCH3 is 2. The molecule has 0 saturated carbocycles. The van der Waals surface area contributed by atoms with Gasteiger partial charge in [-0.15, -0.1) is 10.2 Å². The Hall–Kier alpha value is -4.08. The Morgan fingerprint density at radius 2 is 1.90 bits per heavy atom. The molecule has 10 nitrogen and oxygen atoms in total. The molecule has 1 heterocycles. The molecule has 0 amide bonds. The summed E-state index contributed by atoms with van der Waals surface area (Å²) in [6, 6.07) is 9.40. The van der Waals surface area contributed by atoms with E-state index in [2.05, 4.69) is 25.7 Å². The lowest BCUT2D eigenvalue weighted by atomic mass is 10.1. The molecule has 4 N–H and O–H groups in total. The smallest absolute Gasteiger partial charge is 0.274 e. The van der Waals surface area contributed by atoms with Crippen molar-refractivity contribution >= 4 is 12.2 Å². The average Bonchev–Trinajstić information content (AvgIpc) is 2.71. The summed E-state index contributed by atoms with van der Waals surface area (Å²) in [5.41, 5.74) is 3.52. The number of aromatic nitrogens is 3. The molecule has 3 aromatic rings. The zero-order valence-electron chi connectivity index (χ0n) is 15.7. The van der Waals surface area contributed by atoms with E-state index in [1.807, 2.05) is 6.07 Å². The van der Waals surface area contributed by atoms with Crippen LogP contribution in [0.2, 0.25) is 0 Å². The summed E-state index contributed by atoms with van der Waals surface area (Å²) in [6.07, 6.45) is 1.57. The normalized spacial score (nSPS) is 10.8. The Morgan fingerprint density at radius 1 is 1.10 bits per heavy atom. The Labute approximate surface area is 165 Å². The fourth-order valence-electron chi connectivity index (χ4n) is 2.51. The van der Waals surface area contributed by atoms with Gasteiger partial charge in [-0.05, 0) is 29.8 Å². The lowest BCUT2D eigenvalue weighted by molar-refractivity contribution is 0.354. The largest absolute Gasteiger partial charge is 0.508 e. The van der Waals surface area contributed by atoms with Crippen LogP contribution in [0.1, 0.15) is 16.8 Å². The summed E-state index contributed by atoms with van der Waals surface area (Å²) in [7, 11) is 3.08. The van der Waals surface area contributed by atoms with Gasteiger partial charge >= 0.3 is 0 Å². The van der Waals surface area contributed by atoms with Crippen molar-refractivity contribution in [3.63, 3.8) is 0 Å². The fraction of sp³-hybridized carbons (Fsp3) is 0.158. The van der Waals surface area contributed by atoms with E-state index >= 15 is 0 Å². The second-order valence-electron chi connectivity index (χ2n) is 5.93. The van der Waals surface area contributed by atoms with Gasteiger partial charge in [0.1, 0.15) is 17.2 Å². The maximum atomic E-state index is 12.3. The minimum Gasteiger partial charge on any atom is -0.508 e. The van der Waals surface area contributed by atoms with Crippen LogP contribution in [-0.4, -0.2) is 45.8 Å². The van der Waals surface area contributed by atoms with Crippen molar-refractivity contribution in [2.45, 2.75) is 6.42 Å². The van der Waals surface area contributed by atoms with Gasteiger partial charge in [-0.25, -0.2) is 5.43 Å². The van der Waals surface area contributed by atoms with Gasteiger partial charge in [0, 0.05) is 18.1 Å². The highest BCUT2D eigenvalue weighted by molar-refractivity contribution is 5.84. The molecule has 0 saturated heterocycles. The van der Waals surface area contributed by atoms with Gasteiger partial charge in [-0.1, -0.05) is 6.07 Å². The summed E-state index contributed by atoms with van der Waals surface area (Å²) in [5, 5.41) is 30.7. The van der Waals surface area contributed by atoms with Crippen LogP contribution in [0.3, 0.4) is 0 Å². The molecule has 0 radical (unpaired) electrons. The van der Waals surface area contributed by atoms with Crippen molar-refractivity contribution in [2.24, 2.45) is 5.10 Å². The molecule has 0 fully saturated rings. The predicted octanol–water partition coefficient (Wildman–Crippen LogP) is 1.63. The lowest BCUT2D eigenvalue weighted by Gasteiger charge is -2.09. The highest BCUT2D eigenvalue weighted by Gasteiger charge is 2.09. The van der Waals surface area contributed by atoms with E-state index < -0.39 is 5.56 Å². The molecule has 0 aliphatic carbocycles. The summed E-state index contributed by atoms with van der Waals surface area (Å²) >= 11 is 0. The molecule has 0 aliphatic heterocycles. The van der Waals surface area contributed by atoms with Gasteiger partial charge < -0.3 is 19.7 Å². The predicted molar refractivity (Wildman–Crippen MR) is 106 cm³/mol. The first-order chi connectivity index (χ1) is 14.0. The number of phenols is 2. The minimum absolute atomic E-state index is 0.0422. The minimum atomic E-state index is -0.417. The number of H-pyrrole nitrogens is 1. The van der Waals surface area contributed by atoms with Crippen molar-refractivity contribution in [1.82, 2.24) is 15.2 Å². The Balaban J connectivity index is 1.70. The third kappa shape index (κ3) is 4.80. The number of ether oxygens (including phenoxy) is 2. The lowest BCUT2D eigenvalue weighted by Crippen LogP contribution is -2.18. The van der Waals surface area contributed by atoms with E-state index in [1.54, 1.807) is 19.2 Å². The van der Waals surface area contributed by atoms with E-state index in [0.717, 1.165) is 5.56 Å². The molecule has 10 heteroatoms. The molecule has 1 aromatic heterocycles. The van der Waals surface area contributed by atoms with Crippen LogP contribution in [0.5, 0.6) is 23.0 Å². The average molecular weight is 397 g/mol. The van der Waals surface area contributed by atoms with E-state index in [4.69, 9.17) is 9.47 Å². The van der Waals surface area contributed by atoms with E-state index in [1.165, 1.54) is 31.5 Å². The van der Waals surface area contributed by atoms with Crippen molar-refractivity contribution in [2.75, 3.05) is 19.6 Å². The Kier molecular flexibility index (Phi) is 5.93. The standard InChI is InChI=1S/C19H19N5O5/c1-28-16-6-3-11(8-17(16)29-2)7-14-18(27)21-19(24-22-14)23-20-10-12-4-5-13(25)9-15(12)26/h3-6,8-10,25-26H,7H2,1-2H3,(H2,21,23,24,27)/b20-10+. The van der Waals surface area contributed by atoms with Gasteiger partial charge in [0.05, 0.1) is 20.4 Å². The van der Waals surface area contributed by atoms with Gasteiger partial charge in [0.2, 0.25) is 5.95 Å². The molecule has 3 rings (SSSR count). The molecule has 2 aromatic carbocycles. The number of rotatable bonds is 7. The maximum absolute atomic E-state index is 12.3. The van der Waals surface area contributed by atoms with Crippen LogP contribution < -0.4 is 20.5 Å². The number of aromatic hydroxyl groups is 2. The van der Waals surface area contributed by atoms with Crippen molar-refractivity contribution < 1.29 is 19.7 Å². The zero-order chi connectivity index (χ0) is 20.8. The summed E-state index contributed by atoms with van der Waals surface area (Å²) in [6.45, 7) is 0. The maximum Gasteiger partial charge on any atom is 0.274 e. The van der Waals surface area contributed by atoms with Crippen molar-refractivity contribution in [3.05, 3.63) is 63.6 Å². The Morgan fingerprint density at radius 3 is 2.59 bits per heavy atom. The third-order valence-electron chi connectivity index (χ3n) is 3.97. The van der Waals surface area contributed by atoms with Crippen molar-refractivity contribution in [3.8, 4) is 23.0 Å². The number of hydrazone groups is 1. The molecular formula is C19H19N5O5. The number of anilines is 1. The fourth-order valence-corrected chi connectivity index (χ4v) is 2.51. The number of nitrogens with one attached hydrogen (secondary N) is 2. The molecule has 0 spiro atoms. The number of hydrogen-bond donors (Lipinski definition) is 4. The molecular weight excluding hydrogens is 378 g/mol. The van der Waals surface area contributed by atoms with E-state index in [0.29, 0.717) is 17.1 Å². The second-order valence-corrected chi connectivity index (χ2v) is 5.93. The monoisotopic (exact) mass is 397 g/mol. The van der Waals surface area contributed by atoms with Crippen LogP contribution in [0.4, 0.5) is 5.95 Å². The summed E-state index contributed by atoms with van der Waals surface area (Å²) in [4.78, 5) is 14.8. The van der Waals surface area contributed by atoms with Crippen LogP contribution in [0.15, 0.2) is 46.3 Å². The van der Waals surface area contributed by atoms with Gasteiger partial charge in [-0.2, -0.15) is 5.10 Å². The van der Waals surface area contributed by atoms with Crippen LogP contribution in [0.25, 0.3) is 0 Å². The number of hydrogen-bond acceptors (Lipinski definition) is 9. The highest BCUT2D eigenvalue weighted by Crippen LogP contribution is 2.28. The van der Waals surface area contributed by atoms with E-state index in [-0.39, 0.29) is 29.6 Å². The third-order valence-corrected chi connectivity index (χ3v) is 3.97. The Bertz CT molecular complexity index is 1100. The number of aromatic amines is 1. The summed E-state index contributed by atoms with van der Waals surface area (Å²) < 4.78 is 10.4. The number of benzene rings is 2. The molecule has 150 valence electrons. The first-order valence-electron chi connectivity index (χ1n) is 8.48. The number of nitrogens with zero attached hydrogens (tertiary/aromatic N) is 3. The first-order valence-corrected chi connectivity index (χ1v) is 8.48. The summed E-state index contributed by atoms with van der Waals surface area (Å²) in [5.74, 6) is 0.988. The topological polar surface area (TPSA) is 142 Å². The molecule has 0 unspecified atom stereocenters. The van der Waals surface area contributed by atoms with Crippen LogP contribution >= 0.6 is 0 Å². The highest BCUT2D eigenvalue weighted by atomic mass is 16.5. The zero-order valence-corrected chi connectivity index (χ0v) is 15.7. The van der Waals surface area contributed by atoms with E-state index in [9.17, 15) is 15.0 Å². The molecule has 0 bridgehead atoms. The quantitative estimate of drug-likeness (QED) is 0.348. The second kappa shape index (κ2) is 8.74. The van der Waals surface area contributed by atoms with Gasteiger partial charge in [0.15, 0.2) is 11.5 Å². The first kappa shape index (κ1) is 19.7. The molecule has 0 aliphatic rings.